The van der Waals surface area contributed by atoms with Crippen LogP contribution in [0.3, 0.4) is 0 Å². The summed E-state index contributed by atoms with van der Waals surface area (Å²) < 4.78 is 11.9. The Hall–Kier alpha value is -3.47. The summed E-state index contributed by atoms with van der Waals surface area (Å²) in [5.41, 5.74) is 7.35. The average Bonchev–Trinajstić information content (AvgIpc) is 2.95. The highest BCUT2D eigenvalue weighted by atomic mass is 16.5. The fraction of sp³-hybridized carbons (Fsp3) is 0.235. The van der Waals surface area contributed by atoms with E-state index in [1.165, 1.54) is 22.8 Å². The molecule has 2 heterocycles. The van der Waals surface area contributed by atoms with Crippen LogP contribution in [-0.2, 0) is 9.53 Å². The van der Waals surface area contributed by atoms with Crippen molar-refractivity contribution in [2.24, 2.45) is 0 Å². The molecule has 1 aromatic carbocycles. The lowest BCUT2D eigenvalue weighted by molar-refractivity contribution is -0.125. The Labute approximate surface area is 143 Å². The first-order valence-corrected chi connectivity index (χ1v) is 7.47. The van der Waals surface area contributed by atoms with E-state index in [9.17, 15) is 14.9 Å². The molecule has 0 fully saturated rings. The third-order valence-corrected chi connectivity index (χ3v) is 4.11. The van der Waals surface area contributed by atoms with E-state index in [1.54, 1.807) is 32.2 Å². The number of nitriles is 1. The summed E-state index contributed by atoms with van der Waals surface area (Å²) in [7, 11) is 2.91. The monoisotopic (exact) mass is 340 g/mol. The van der Waals surface area contributed by atoms with Crippen LogP contribution in [0.15, 0.2) is 24.4 Å². The van der Waals surface area contributed by atoms with Crippen molar-refractivity contribution < 1.29 is 19.1 Å². The molecule has 1 amide bonds. The molecule has 0 radical (unpaired) electrons. The predicted molar refractivity (Wildman–Crippen MR) is 89.7 cm³/mol. The molecule has 2 N–H and O–H groups in total. The Morgan fingerprint density at radius 3 is 2.80 bits per heavy atom. The molecule has 1 aliphatic heterocycles. The number of carbonyl (C=O) groups is 2. The molecule has 0 saturated heterocycles. The second-order valence-corrected chi connectivity index (χ2v) is 5.59. The van der Waals surface area contributed by atoms with Gasteiger partial charge in [-0.05, 0) is 19.1 Å². The largest absolute Gasteiger partial charge is 0.479 e. The summed E-state index contributed by atoms with van der Waals surface area (Å²) in [6.07, 6.45) is 0.849. The zero-order valence-electron chi connectivity index (χ0n) is 13.9. The number of aromatic nitrogens is 1. The highest BCUT2D eigenvalue weighted by Gasteiger charge is 2.30. The number of benzene rings is 1. The number of carbonyl (C=O) groups excluding carboxylic acids is 2. The molecule has 8 nitrogen and oxygen atoms in total. The van der Waals surface area contributed by atoms with Crippen LogP contribution in [0.5, 0.6) is 5.75 Å². The molecule has 1 aliphatic rings. The van der Waals surface area contributed by atoms with Crippen molar-refractivity contribution in [3.8, 4) is 17.5 Å². The second kappa shape index (κ2) is 5.87. The molecule has 0 aliphatic carbocycles. The number of hydrogen-bond acceptors (Lipinski definition) is 6. The molecular weight excluding hydrogens is 324 g/mol. The van der Waals surface area contributed by atoms with Gasteiger partial charge in [0.15, 0.2) is 11.8 Å². The third kappa shape index (κ3) is 2.46. The second-order valence-electron chi connectivity index (χ2n) is 5.59. The summed E-state index contributed by atoms with van der Waals surface area (Å²) in [5, 5.41) is 9.18. The lowest BCUT2D eigenvalue weighted by atomic mass is 10.2. The van der Waals surface area contributed by atoms with Crippen molar-refractivity contribution >= 4 is 23.3 Å². The number of nitrogens with zero attached hydrogens (tertiary/aromatic N) is 3. The Bertz CT molecular complexity index is 925. The molecule has 128 valence electrons. The van der Waals surface area contributed by atoms with E-state index >= 15 is 0 Å². The number of nitrogen functional groups attached to an aromatic ring is 1. The number of ether oxygens (including phenoxy) is 2. The van der Waals surface area contributed by atoms with Crippen LogP contribution >= 0.6 is 0 Å². The summed E-state index contributed by atoms with van der Waals surface area (Å²) in [4.78, 5) is 25.6. The van der Waals surface area contributed by atoms with E-state index in [2.05, 4.69) is 0 Å². The maximum atomic E-state index is 12.1. The first kappa shape index (κ1) is 16.4. The van der Waals surface area contributed by atoms with E-state index in [0.29, 0.717) is 17.1 Å². The average molecular weight is 340 g/mol. The van der Waals surface area contributed by atoms with Gasteiger partial charge in [0, 0.05) is 25.0 Å². The van der Waals surface area contributed by atoms with Gasteiger partial charge in [-0.25, -0.2) is 4.79 Å². The van der Waals surface area contributed by atoms with Gasteiger partial charge >= 0.3 is 5.97 Å². The zero-order chi connectivity index (χ0) is 18.3. The Balaban J connectivity index is 2.16. The quantitative estimate of drug-likeness (QED) is 0.829. The van der Waals surface area contributed by atoms with E-state index in [-0.39, 0.29) is 22.9 Å². The molecule has 1 unspecified atom stereocenters. The Morgan fingerprint density at radius 2 is 2.16 bits per heavy atom. The van der Waals surface area contributed by atoms with Gasteiger partial charge in [-0.1, -0.05) is 0 Å². The molecule has 0 spiro atoms. The van der Waals surface area contributed by atoms with Crippen LogP contribution in [0.4, 0.5) is 11.4 Å². The fourth-order valence-electron chi connectivity index (χ4n) is 2.77. The van der Waals surface area contributed by atoms with Crippen molar-refractivity contribution in [1.82, 2.24) is 4.57 Å². The van der Waals surface area contributed by atoms with Crippen LogP contribution in [0.1, 0.15) is 23.0 Å². The minimum atomic E-state index is -0.654. The normalized spacial score (nSPS) is 16.0. The number of hydrogen-bond donors (Lipinski definition) is 1. The van der Waals surface area contributed by atoms with Crippen molar-refractivity contribution in [3.05, 3.63) is 35.7 Å². The van der Waals surface area contributed by atoms with Crippen LogP contribution in [0.2, 0.25) is 0 Å². The number of amides is 1. The molecule has 1 atom stereocenters. The van der Waals surface area contributed by atoms with Gasteiger partial charge in [0.25, 0.3) is 5.91 Å². The lowest BCUT2D eigenvalue weighted by Gasteiger charge is -2.30. The zero-order valence-corrected chi connectivity index (χ0v) is 13.9. The van der Waals surface area contributed by atoms with E-state index in [0.717, 1.165) is 0 Å². The number of fused-ring (bicyclic) bond motifs is 1. The molecule has 3 rings (SSSR count). The van der Waals surface area contributed by atoms with Crippen LogP contribution in [-0.4, -0.2) is 36.7 Å². The maximum absolute atomic E-state index is 12.1. The number of anilines is 2. The SMILES string of the molecule is COC(=O)c1c(N)c(C#N)cn1-c1ccc2c(c1)OC(C)C(=O)N2C. The number of nitrogens with two attached hydrogens (primary N) is 1. The van der Waals surface area contributed by atoms with Gasteiger partial charge in [-0.15, -0.1) is 0 Å². The summed E-state index contributed by atoms with van der Waals surface area (Å²) in [6.45, 7) is 1.66. The molecular formula is C17H16N4O4. The number of likely N-dealkylation sites (N-methyl/N-ethyl adjacent to an activating group) is 1. The van der Waals surface area contributed by atoms with Crippen molar-refractivity contribution in [2.75, 3.05) is 24.8 Å². The van der Waals surface area contributed by atoms with Crippen LogP contribution < -0.4 is 15.4 Å². The van der Waals surface area contributed by atoms with Crippen molar-refractivity contribution in [3.63, 3.8) is 0 Å². The standard InChI is InChI=1S/C17H16N4O4/c1-9-16(22)20(2)12-5-4-11(6-13(12)25-9)21-8-10(7-18)14(19)15(21)17(23)24-3/h4-6,8-9H,19H2,1-3H3. The van der Waals surface area contributed by atoms with Crippen LogP contribution in [0, 0.1) is 11.3 Å². The van der Waals surface area contributed by atoms with Gasteiger partial charge in [0.2, 0.25) is 0 Å². The van der Waals surface area contributed by atoms with Crippen molar-refractivity contribution in [2.45, 2.75) is 13.0 Å². The lowest BCUT2D eigenvalue weighted by Crippen LogP contribution is -2.41. The van der Waals surface area contributed by atoms with Gasteiger partial charge in [0.1, 0.15) is 11.8 Å². The van der Waals surface area contributed by atoms with Gasteiger partial charge < -0.3 is 24.7 Å². The minimum absolute atomic E-state index is 0.0497. The fourth-order valence-corrected chi connectivity index (χ4v) is 2.77. The Morgan fingerprint density at radius 1 is 1.44 bits per heavy atom. The van der Waals surface area contributed by atoms with Gasteiger partial charge in [-0.3, -0.25) is 4.79 Å². The minimum Gasteiger partial charge on any atom is -0.479 e. The van der Waals surface area contributed by atoms with E-state index < -0.39 is 12.1 Å². The number of rotatable bonds is 2. The summed E-state index contributed by atoms with van der Waals surface area (Å²) in [6, 6.07) is 7.04. The summed E-state index contributed by atoms with van der Waals surface area (Å²) in [5.74, 6) is -0.306. The predicted octanol–water partition coefficient (Wildman–Crippen LogP) is 1.46. The smallest absolute Gasteiger partial charge is 0.357 e. The number of methoxy groups -OCH3 is 1. The van der Waals surface area contributed by atoms with E-state index in [4.69, 9.17) is 15.2 Å². The summed E-state index contributed by atoms with van der Waals surface area (Å²) >= 11 is 0. The van der Waals surface area contributed by atoms with Crippen molar-refractivity contribution in [1.29, 1.82) is 5.26 Å². The third-order valence-electron chi connectivity index (χ3n) is 4.11. The molecule has 25 heavy (non-hydrogen) atoms. The molecule has 0 saturated carbocycles. The van der Waals surface area contributed by atoms with Gasteiger partial charge in [0.05, 0.1) is 24.0 Å². The molecule has 0 bridgehead atoms. The number of esters is 1. The van der Waals surface area contributed by atoms with Gasteiger partial charge in [-0.2, -0.15) is 5.26 Å². The molecule has 2 aromatic rings. The van der Waals surface area contributed by atoms with Crippen LogP contribution in [0.25, 0.3) is 5.69 Å². The first-order valence-electron chi connectivity index (χ1n) is 7.47. The molecule has 1 aromatic heterocycles. The molecule has 8 heteroatoms. The highest BCUT2D eigenvalue weighted by Crippen LogP contribution is 2.36. The van der Waals surface area contributed by atoms with E-state index in [1.807, 2.05) is 6.07 Å². The topological polar surface area (TPSA) is 111 Å². The first-order chi connectivity index (χ1) is 11.9. The maximum Gasteiger partial charge on any atom is 0.357 e. The Kier molecular flexibility index (Phi) is 3.85. The highest BCUT2D eigenvalue weighted by molar-refractivity contribution is 6.00.